The average molecular weight is 362 g/mol. The number of amides is 1. The van der Waals surface area contributed by atoms with Gasteiger partial charge in [-0.2, -0.15) is 0 Å². The van der Waals surface area contributed by atoms with E-state index in [-0.39, 0.29) is 17.9 Å². The predicted molar refractivity (Wildman–Crippen MR) is 97.8 cm³/mol. The molecule has 0 rings (SSSR count). The molecule has 8 heteroatoms. The molecule has 1 amide bonds. The Labute approximate surface area is 150 Å². The summed E-state index contributed by atoms with van der Waals surface area (Å²) in [6.07, 6.45) is -0.484. The highest BCUT2D eigenvalue weighted by Crippen LogP contribution is 2.06. The van der Waals surface area contributed by atoms with Crippen molar-refractivity contribution in [2.24, 2.45) is 5.92 Å². The van der Waals surface area contributed by atoms with E-state index in [9.17, 15) is 9.59 Å². The van der Waals surface area contributed by atoms with Crippen LogP contribution in [0.3, 0.4) is 0 Å². The monoisotopic (exact) mass is 361 g/mol. The van der Waals surface area contributed by atoms with Gasteiger partial charge >= 0.3 is 12.1 Å². The fourth-order valence-corrected chi connectivity index (χ4v) is 1.94. The highest BCUT2D eigenvalue weighted by Gasteiger charge is 2.24. The molecular formula is C16H31N3O4S. The third-order valence-electron chi connectivity index (χ3n) is 2.83. The van der Waals surface area contributed by atoms with E-state index >= 15 is 0 Å². The highest BCUT2D eigenvalue weighted by atomic mass is 32.1. The van der Waals surface area contributed by atoms with E-state index in [2.05, 4.69) is 16.0 Å². The van der Waals surface area contributed by atoms with Crippen molar-refractivity contribution in [3.8, 4) is 0 Å². The molecular weight excluding hydrogens is 330 g/mol. The van der Waals surface area contributed by atoms with Gasteiger partial charge in [-0.15, -0.1) is 0 Å². The van der Waals surface area contributed by atoms with Crippen LogP contribution in [0.1, 0.15) is 48.5 Å². The molecule has 7 nitrogen and oxygen atoms in total. The van der Waals surface area contributed by atoms with Crippen LogP contribution in [0.25, 0.3) is 0 Å². The van der Waals surface area contributed by atoms with Crippen molar-refractivity contribution in [2.75, 3.05) is 13.2 Å². The predicted octanol–water partition coefficient (Wildman–Crippen LogP) is 1.95. The van der Waals surface area contributed by atoms with Gasteiger partial charge in [0, 0.05) is 12.6 Å². The van der Waals surface area contributed by atoms with Gasteiger partial charge < -0.3 is 25.4 Å². The second-order valence-electron chi connectivity index (χ2n) is 6.88. The lowest BCUT2D eigenvalue weighted by Gasteiger charge is -2.24. The number of hydrogen-bond donors (Lipinski definition) is 3. The zero-order valence-corrected chi connectivity index (χ0v) is 16.5. The van der Waals surface area contributed by atoms with Gasteiger partial charge in [-0.1, -0.05) is 13.8 Å². The molecule has 0 saturated carbocycles. The number of rotatable bonds is 7. The Kier molecular flexibility index (Phi) is 9.65. The molecule has 0 heterocycles. The van der Waals surface area contributed by atoms with Crippen molar-refractivity contribution >= 4 is 29.4 Å². The second-order valence-corrected chi connectivity index (χ2v) is 7.28. The lowest BCUT2D eigenvalue weighted by Crippen LogP contribution is -2.51. The van der Waals surface area contributed by atoms with Gasteiger partial charge in [0.25, 0.3) is 0 Å². The second kappa shape index (κ2) is 10.3. The van der Waals surface area contributed by atoms with Crippen molar-refractivity contribution in [3.63, 3.8) is 0 Å². The number of alkyl carbamates (subject to hydrolysis) is 1. The lowest BCUT2D eigenvalue weighted by atomic mass is 10.1. The van der Waals surface area contributed by atoms with Gasteiger partial charge in [-0.25, -0.2) is 9.59 Å². The SMILES string of the molecule is CCOC(=O)[C@@H](NC(=S)NC[C@H](C)NC(=O)OC(C)(C)C)C(C)C. The molecule has 0 aliphatic rings. The molecule has 0 aliphatic heterocycles. The summed E-state index contributed by atoms with van der Waals surface area (Å²) in [6, 6.07) is -0.709. The summed E-state index contributed by atoms with van der Waals surface area (Å²) in [7, 11) is 0. The van der Waals surface area contributed by atoms with Crippen molar-refractivity contribution < 1.29 is 19.1 Å². The first-order valence-corrected chi connectivity index (χ1v) is 8.57. The minimum atomic E-state index is -0.543. The third-order valence-corrected chi connectivity index (χ3v) is 3.09. The quantitative estimate of drug-likeness (QED) is 0.472. The largest absolute Gasteiger partial charge is 0.464 e. The molecule has 24 heavy (non-hydrogen) atoms. The first-order chi connectivity index (χ1) is 11.0. The third kappa shape index (κ3) is 10.3. The van der Waals surface area contributed by atoms with Crippen LogP contribution in [-0.2, 0) is 14.3 Å². The number of carbonyl (C=O) groups is 2. The number of hydrogen-bond acceptors (Lipinski definition) is 5. The van der Waals surface area contributed by atoms with Crippen LogP contribution >= 0.6 is 12.2 Å². The van der Waals surface area contributed by atoms with Gasteiger partial charge in [0.15, 0.2) is 5.11 Å². The molecule has 0 aromatic rings. The molecule has 0 radical (unpaired) electrons. The lowest BCUT2D eigenvalue weighted by molar-refractivity contribution is -0.146. The Morgan fingerprint density at radius 2 is 1.71 bits per heavy atom. The summed E-state index contributed by atoms with van der Waals surface area (Å²) in [5, 5.41) is 8.97. The summed E-state index contributed by atoms with van der Waals surface area (Å²) >= 11 is 5.20. The maximum absolute atomic E-state index is 11.9. The fraction of sp³-hybridized carbons (Fsp3) is 0.812. The van der Waals surface area contributed by atoms with Crippen LogP contribution < -0.4 is 16.0 Å². The minimum Gasteiger partial charge on any atom is -0.464 e. The first kappa shape index (κ1) is 22.4. The van der Waals surface area contributed by atoms with E-state index in [0.717, 1.165) is 0 Å². The highest BCUT2D eigenvalue weighted by molar-refractivity contribution is 7.80. The van der Waals surface area contributed by atoms with Gasteiger partial charge in [0.1, 0.15) is 11.6 Å². The number of thiocarbonyl (C=S) groups is 1. The summed E-state index contributed by atoms with van der Waals surface area (Å²) in [5.41, 5.74) is -0.543. The van der Waals surface area contributed by atoms with Crippen LogP contribution in [0, 0.1) is 5.92 Å². The van der Waals surface area contributed by atoms with Crippen molar-refractivity contribution in [1.82, 2.24) is 16.0 Å². The van der Waals surface area contributed by atoms with Crippen LogP contribution in [0.15, 0.2) is 0 Å². The fourth-order valence-electron chi connectivity index (χ4n) is 1.73. The smallest absolute Gasteiger partial charge is 0.407 e. The van der Waals surface area contributed by atoms with E-state index in [1.165, 1.54) is 0 Å². The minimum absolute atomic E-state index is 0.0288. The van der Waals surface area contributed by atoms with E-state index in [4.69, 9.17) is 21.7 Å². The standard InChI is InChI=1S/C16H31N3O4S/c1-8-22-13(20)12(10(2)3)19-14(24)17-9-11(4)18-15(21)23-16(5,6)7/h10-12H,8-9H2,1-7H3,(H,18,21)(H2,17,19,24)/t11-,12-/m0/s1. The van der Waals surface area contributed by atoms with E-state index < -0.39 is 17.7 Å². The Balaban J connectivity index is 4.32. The van der Waals surface area contributed by atoms with Gasteiger partial charge in [0.05, 0.1) is 6.61 Å². The molecule has 0 unspecified atom stereocenters. The van der Waals surface area contributed by atoms with Crippen molar-refractivity contribution in [1.29, 1.82) is 0 Å². The molecule has 140 valence electrons. The summed E-state index contributed by atoms with van der Waals surface area (Å²) in [6.45, 7) is 13.5. The topological polar surface area (TPSA) is 88.7 Å². The van der Waals surface area contributed by atoms with Crippen LogP contribution in [0.5, 0.6) is 0 Å². The molecule has 0 bridgehead atoms. The number of esters is 1. The van der Waals surface area contributed by atoms with Crippen molar-refractivity contribution in [2.45, 2.75) is 66.2 Å². The molecule has 2 atom stereocenters. The maximum Gasteiger partial charge on any atom is 0.407 e. The molecule has 0 saturated heterocycles. The molecule has 0 aliphatic carbocycles. The zero-order chi connectivity index (χ0) is 18.9. The van der Waals surface area contributed by atoms with Gasteiger partial charge in [-0.3, -0.25) is 0 Å². The molecule has 0 fully saturated rings. The molecule has 0 aromatic carbocycles. The van der Waals surface area contributed by atoms with Gasteiger partial charge in [-0.05, 0) is 52.8 Å². The number of carbonyl (C=O) groups excluding carboxylic acids is 2. The molecule has 3 N–H and O–H groups in total. The first-order valence-electron chi connectivity index (χ1n) is 8.16. The normalized spacial score (nSPS) is 13.7. The Hall–Kier alpha value is -1.57. The maximum atomic E-state index is 11.9. The van der Waals surface area contributed by atoms with Crippen LogP contribution in [0.2, 0.25) is 0 Å². The summed E-state index contributed by atoms with van der Waals surface area (Å²) in [4.78, 5) is 23.6. The Bertz CT molecular complexity index is 436. The van der Waals surface area contributed by atoms with E-state index in [1.54, 1.807) is 27.7 Å². The number of nitrogens with one attached hydrogen (secondary N) is 3. The average Bonchev–Trinajstić information content (AvgIpc) is 2.40. The summed E-state index contributed by atoms with van der Waals surface area (Å²) < 4.78 is 10.2. The summed E-state index contributed by atoms with van der Waals surface area (Å²) in [5.74, 6) is -0.308. The Morgan fingerprint density at radius 3 is 2.17 bits per heavy atom. The van der Waals surface area contributed by atoms with Crippen LogP contribution in [0.4, 0.5) is 4.79 Å². The zero-order valence-electron chi connectivity index (χ0n) is 15.7. The van der Waals surface area contributed by atoms with Gasteiger partial charge in [0.2, 0.25) is 0 Å². The van der Waals surface area contributed by atoms with E-state index in [1.807, 2.05) is 20.8 Å². The number of ether oxygens (including phenoxy) is 2. The van der Waals surface area contributed by atoms with Crippen molar-refractivity contribution in [3.05, 3.63) is 0 Å². The molecule has 0 aromatic heterocycles. The molecule has 0 spiro atoms. The van der Waals surface area contributed by atoms with E-state index in [0.29, 0.717) is 18.3 Å². The Morgan fingerprint density at radius 1 is 1.12 bits per heavy atom. The van der Waals surface area contributed by atoms with Crippen LogP contribution in [-0.4, -0.2) is 48.0 Å².